The third-order valence-corrected chi connectivity index (χ3v) is 19.9. The van der Waals surface area contributed by atoms with Gasteiger partial charge in [0.15, 0.2) is 0 Å². The van der Waals surface area contributed by atoms with Crippen LogP contribution in [0.15, 0.2) is 146 Å². The van der Waals surface area contributed by atoms with Gasteiger partial charge in [-0.1, -0.05) is 112 Å². The van der Waals surface area contributed by atoms with Crippen molar-refractivity contribution in [2.75, 3.05) is 64.0 Å². The number of hydrogen-bond donors (Lipinski definition) is 17. The zero-order valence-electron chi connectivity index (χ0n) is 72.3. The van der Waals surface area contributed by atoms with Crippen molar-refractivity contribution in [3.05, 3.63) is 212 Å². The van der Waals surface area contributed by atoms with Crippen molar-refractivity contribution < 1.29 is 162 Å². The Kier molecular flexibility index (Phi) is 53.1. The number of hydrogen-bond acceptors (Lipinski definition) is 29. The molecule has 6 atom stereocenters. The first-order valence-corrected chi connectivity index (χ1v) is 39.3. The number of imide groups is 6. The molecule has 132 heavy (non-hydrogen) atoms. The van der Waals surface area contributed by atoms with Gasteiger partial charge in [0.05, 0.1) is 22.3 Å². The van der Waals surface area contributed by atoms with E-state index in [0.717, 1.165) is 96.0 Å². The Hall–Kier alpha value is -14.4. The van der Waals surface area contributed by atoms with E-state index in [1.807, 2.05) is 36.4 Å². The molecule has 4 fully saturated rings. The fraction of sp³-hybridized carbons (Fsp3) is 0.371. The van der Waals surface area contributed by atoms with Crippen molar-refractivity contribution >= 4 is 118 Å². The Morgan fingerprint density at radius 1 is 0.280 bits per heavy atom. The minimum atomic E-state index is -1.18. The summed E-state index contributed by atoms with van der Waals surface area (Å²) in [7, 11) is 9.00. The first-order chi connectivity index (χ1) is 62.5. The van der Waals surface area contributed by atoms with E-state index in [2.05, 4.69) is 21.3 Å². The largest absolute Gasteiger partial charge is 0.481 e. The molecule has 6 aromatic rings. The summed E-state index contributed by atoms with van der Waals surface area (Å²) in [6.07, 6.45) is 1.25. The van der Waals surface area contributed by atoms with E-state index >= 15 is 0 Å². The van der Waals surface area contributed by atoms with Gasteiger partial charge in [-0.15, -0.1) is 0 Å². The maximum Gasteiger partial charge on any atom is 0.326 e. The molecule has 6 aromatic carbocycles. The summed E-state index contributed by atoms with van der Waals surface area (Å²) in [6, 6.07) is 36.3. The third-order valence-electron chi connectivity index (χ3n) is 19.9. The standard InChI is InChI=1S/2C13H10N2O4.2C13H12N2O3.2C13H13NO5.9CH4O.2CH4/c2*16-10-6-5-9(11(17)14-10)15-12(18)7-3-1-2-4-8(7)13(15)19;2*16-11-6-5-10(12(17)14-11)15-7-8-3-1-2-4-9(8)13(15)18;2*15-11(16)6-5-10(13(18)19)14-7-8-3-1-2-4-9(8)12(14)17;9*1-2;;/h2*1-4,9H,5-6H2,(H,14,16,17);2*1-4,10H,5-7H2,(H,14,16,17);2*1-4,10H,5-7H2,(H,15,16)(H,18,19);9*2H,1H3;2*1H4. The molecule has 0 aromatic heterocycles. The molecule has 17 N–H and O–H groups in total. The molecule has 0 saturated carbocycles. The van der Waals surface area contributed by atoms with Crippen LogP contribution in [0.25, 0.3) is 0 Å². The molecule has 0 spiro atoms. The number of aliphatic hydroxyl groups is 9. The van der Waals surface area contributed by atoms with Gasteiger partial charge in [0, 0.05) is 151 Å². The van der Waals surface area contributed by atoms with Crippen molar-refractivity contribution in [3.63, 3.8) is 0 Å². The molecule has 10 aliphatic heterocycles. The number of nitrogens with zero attached hydrogens (tertiary/aromatic N) is 6. The molecule has 43 nitrogen and oxygen atoms in total. The SMILES string of the molecule is C.C.CO.CO.CO.CO.CO.CO.CO.CO.CO.O=C(O)CCC(C(=O)O)N1Cc2ccccc2C1=O.O=C(O)CCC(C(=O)O)N1Cc2ccccc2C1=O.O=C1CCC(N2C(=O)c3ccccc3C2=O)C(=O)N1.O=C1CCC(N2C(=O)c3ccccc3C2=O)C(=O)N1.O=C1CCC(N2Cc3ccccc3C2=O)C(=O)N1.O=C1CCC(N2Cc3ccccc3C2=O)C(=O)N1. The van der Waals surface area contributed by atoms with Crippen molar-refractivity contribution in [2.24, 2.45) is 0 Å². The maximum atomic E-state index is 12.2. The zero-order chi connectivity index (χ0) is 98.5. The van der Waals surface area contributed by atoms with Crippen molar-refractivity contribution in [3.8, 4) is 0 Å². The van der Waals surface area contributed by atoms with Gasteiger partial charge in [-0.05, 0) is 109 Å². The van der Waals surface area contributed by atoms with Crippen LogP contribution in [-0.2, 0) is 83.7 Å². The van der Waals surface area contributed by atoms with Crippen LogP contribution in [0.4, 0.5) is 0 Å². The minimum Gasteiger partial charge on any atom is -0.481 e. The number of aliphatic carboxylic acids is 4. The van der Waals surface area contributed by atoms with Gasteiger partial charge in [0.25, 0.3) is 47.3 Å². The second-order valence-corrected chi connectivity index (χ2v) is 26.9. The number of carboxylic acids is 4. The van der Waals surface area contributed by atoms with Gasteiger partial charge < -0.3 is 86.0 Å². The van der Waals surface area contributed by atoms with Crippen LogP contribution in [0.3, 0.4) is 0 Å². The second kappa shape index (κ2) is 59.6. The highest BCUT2D eigenvalue weighted by atomic mass is 16.4. The monoisotopic (exact) mass is 1850 g/mol. The fourth-order valence-electron chi connectivity index (χ4n) is 14.3. The Balaban J connectivity index is 0.00000150. The Bertz CT molecular complexity index is 4660. The molecule has 0 bridgehead atoms. The Morgan fingerprint density at radius 3 is 0.674 bits per heavy atom. The molecule has 4 saturated heterocycles. The van der Waals surface area contributed by atoms with Crippen LogP contribution in [0.1, 0.15) is 197 Å². The second-order valence-electron chi connectivity index (χ2n) is 26.9. The van der Waals surface area contributed by atoms with Crippen LogP contribution in [-0.4, -0.2) is 314 Å². The quantitative estimate of drug-likeness (QED) is 0.0669. The van der Waals surface area contributed by atoms with Gasteiger partial charge >= 0.3 is 23.9 Å². The highest BCUT2D eigenvalue weighted by Gasteiger charge is 2.48. The van der Waals surface area contributed by atoms with E-state index in [-0.39, 0.29) is 151 Å². The molecule has 0 aliphatic carbocycles. The van der Waals surface area contributed by atoms with E-state index in [9.17, 15) is 95.9 Å². The number of carbonyl (C=O) groups excluding carboxylic acids is 16. The summed E-state index contributed by atoms with van der Waals surface area (Å²) in [5.74, 6) is -10.6. The van der Waals surface area contributed by atoms with Crippen LogP contribution in [0, 0.1) is 0 Å². The highest BCUT2D eigenvalue weighted by Crippen LogP contribution is 2.33. The average molecular weight is 1850 g/mol. The third kappa shape index (κ3) is 29.8. The molecule has 0 radical (unpaired) electrons. The van der Waals surface area contributed by atoms with Crippen molar-refractivity contribution in [2.45, 2.75) is 154 Å². The average Bonchev–Trinajstić information content (AvgIpc) is 1.62. The molecule has 10 aliphatic rings. The van der Waals surface area contributed by atoms with E-state index in [1.54, 1.807) is 119 Å². The highest BCUT2D eigenvalue weighted by molar-refractivity contribution is 6.24. The molecule has 16 rings (SSSR count). The summed E-state index contributed by atoms with van der Waals surface area (Å²) in [6.45, 7) is 1.32. The lowest BCUT2D eigenvalue weighted by Gasteiger charge is -2.29. The van der Waals surface area contributed by atoms with E-state index in [0.29, 0.717) is 70.4 Å². The zero-order valence-corrected chi connectivity index (χ0v) is 72.3. The molecule has 16 amide bonds. The van der Waals surface area contributed by atoms with Gasteiger partial charge in [0.2, 0.25) is 47.3 Å². The Labute approximate surface area is 758 Å². The predicted octanol–water partition coefficient (Wildman–Crippen LogP) is 0.740. The number of fused-ring (bicyclic) bond motifs is 6. The summed E-state index contributed by atoms with van der Waals surface area (Å²) >= 11 is 0. The lowest BCUT2D eigenvalue weighted by atomic mass is 10.0. The lowest BCUT2D eigenvalue weighted by Crippen LogP contribution is -2.54. The summed E-state index contributed by atoms with van der Waals surface area (Å²) in [5, 5.41) is 107. The molecule has 10 heterocycles. The number of piperidine rings is 4. The molecular weight excluding hydrogens is 1740 g/mol. The number of carboxylic acid groups (broad SMARTS) is 4. The number of benzene rings is 6. The van der Waals surface area contributed by atoms with Gasteiger partial charge in [-0.25, -0.2) is 9.59 Å². The number of amides is 16. The summed E-state index contributed by atoms with van der Waals surface area (Å²) in [5.41, 5.74) is 6.92. The van der Waals surface area contributed by atoms with Crippen LogP contribution in [0.5, 0.6) is 0 Å². The molecule has 6 unspecified atom stereocenters. The fourth-order valence-corrected chi connectivity index (χ4v) is 14.3. The number of nitrogens with one attached hydrogen (secondary N) is 4. The molecule has 43 heteroatoms. The van der Waals surface area contributed by atoms with E-state index < -0.39 is 95.6 Å². The first-order valence-electron chi connectivity index (χ1n) is 39.3. The Morgan fingerprint density at radius 2 is 0.477 bits per heavy atom. The van der Waals surface area contributed by atoms with Crippen molar-refractivity contribution in [1.82, 2.24) is 50.7 Å². The minimum absolute atomic E-state index is 0. The van der Waals surface area contributed by atoms with Crippen LogP contribution >= 0.6 is 0 Å². The van der Waals surface area contributed by atoms with Crippen LogP contribution in [0.2, 0.25) is 0 Å². The van der Waals surface area contributed by atoms with Gasteiger partial charge in [0.1, 0.15) is 36.3 Å². The molecule has 718 valence electrons. The lowest BCUT2D eigenvalue weighted by molar-refractivity contribution is -0.145. The number of aliphatic hydroxyl groups excluding tert-OH is 9. The normalized spacial score (nSPS) is 17.5. The van der Waals surface area contributed by atoms with Gasteiger partial charge in [-0.3, -0.25) is 117 Å². The number of rotatable bonds is 14. The maximum absolute atomic E-state index is 12.2. The van der Waals surface area contributed by atoms with Crippen LogP contribution < -0.4 is 21.3 Å². The predicted molar refractivity (Wildman–Crippen MR) is 467 cm³/mol. The smallest absolute Gasteiger partial charge is 0.326 e. The number of carbonyl (C=O) groups is 20. The first kappa shape index (κ1) is 118. The van der Waals surface area contributed by atoms with E-state index in [1.165, 1.54) is 9.80 Å². The summed E-state index contributed by atoms with van der Waals surface area (Å²) in [4.78, 5) is 240. The topological polar surface area (TPSA) is 672 Å². The van der Waals surface area contributed by atoms with Gasteiger partial charge in [-0.2, -0.15) is 0 Å². The molecular formula is C89H114N10O33. The summed E-state index contributed by atoms with van der Waals surface area (Å²) < 4.78 is 0. The van der Waals surface area contributed by atoms with E-state index in [4.69, 9.17) is 66.4 Å². The van der Waals surface area contributed by atoms with Crippen molar-refractivity contribution in [1.29, 1.82) is 0 Å².